The minimum absolute atomic E-state index is 0.0673. The number of hydrogen-bond donors (Lipinski definition) is 2. The zero-order chi connectivity index (χ0) is 20.4. The standard InChI is InChI=1S/C20H15FN4O2S2/c1-11-2-7-15-16(8-11)29-20(23-15)24-17(26)9-14-10-28-19(22-14)25-18(27)12-3-5-13(21)6-4-12/h2-8,10H,9H2,1H3,(H,22,25,27)(H,23,24,26). The minimum atomic E-state index is -0.410. The third-order valence-electron chi connectivity index (χ3n) is 4.01. The molecule has 0 aliphatic heterocycles. The summed E-state index contributed by atoms with van der Waals surface area (Å²) in [5.41, 5.74) is 2.85. The second-order valence-electron chi connectivity index (χ2n) is 6.32. The molecule has 2 N–H and O–H groups in total. The normalized spacial score (nSPS) is 10.8. The highest BCUT2D eigenvalue weighted by Gasteiger charge is 2.13. The number of hydrogen-bond acceptors (Lipinski definition) is 6. The first-order chi connectivity index (χ1) is 14.0. The van der Waals surface area contributed by atoms with Gasteiger partial charge in [0.05, 0.1) is 22.3 Å². The summed E-state index contributed by atoms with van der Waals surface area (Å²) in [4.78, 5) is 33.1. The average Bonchev–Trinajstić information content (AvgIpc) is 3.27. The van der Waals surface area contributed by atoms with Crippen LogP contribution in [0.15, 0.2) is 47.8 Å². The van der Waals surface area contributed by atoms with Crippen molar-refractivity contribution in [1.82, 2.24) is 9.97 Å². The van der Waals surface area contributed by atoms with Gasteiger partial charge in [0.2, 0.25) is 5.91 Å². The van der Waals surface area contributed by atoms with E-state index in [1.807, 2.05) is 25.1 Å². The molecule has 0 aliphatic carbocycles. The number of carbonyl (C=O) groups excluding carboxylic acids is 2. The first kappa shape index (κ1) is 19.2. The molecule has 0 unspecified atom stereocenters. The minimum Gasteiger partial charge on any atom is -0.302 e. The Hall–Kier alpha value is -3.17. The van der Waals surface area contributed by atoms with E-state index < -0.39 is 5.82 Å². The Kier molecular flexibility index (Phi) is 5.32. The van der Waals surface area contributed by atoms with Crippen LogP contribution in [0.5, 0.6) is 0 Å². The molecule has 2 aromatic heterocycles. The molecule has 0 atom stereocenters. The SMILES string of the molecule is Cc1ccc2nc(NC(=O)Cc3csc(NC(=O)c4ccc(F)cc4)n3)sc2c1. The van der Waals surface area contributed by atoms with Crippen molar-refractivity contribution in [2.75, 3.05) is 10.6 Å². The maximum atomic E-state index is 13.0. The number of benzene rings is 2. The summed E-state index contributed by atoms with van der Waals surface area (Å²) < 4.78 is 14.0. The summed E-state index contributed by atoms with van der Waals surface area (Å²) in [5.74, 6) is -1.03. The smallest absolute Gasteiger partial charge is 0.257 e. The van der Waals surface area contributed by atoms with Gasteiger partial charge in [0.25, 0.3) is 5.91 Å². The third-order valence-corrected chi connectivity index (χ3v) is 5.75. The van der Waals surface area contributed by atoms with Crippen LogP contribution in [0.2, 0.25) is 0 Å². The van der Waals surface area contributed by atoms with E-state index in [2.05, 4.69) is 20.6 Å². The van der Waals surface area contributed by atoms with E-state index >= 15 is 0 Å². The molecule has 4 aromatic rings. The van der Waals surface area contributed by atoms with Gasteiger partial charge in [-0.1, -0.05) is 17.4 Å². The van der Waals surface area contributed by atoms with Crippen molar-refractivity contribution in [3.05, 3.63) is 70.5 Å². The zero-order valence-corrected chi connectivity index (χ0v) is 16.9. The van der Waals surface area contributed by atoms with Crippen LogP contribution >= 0.6 is 22.7 Å². The van der Waals surface area contributed by atoms with Crippen LogP contribution in [-0.2, 0) is 11.2 Å². The molecule has 0 saturated heterocycles. The van der Waals surface area contributed by atoms with Gasteiger partial charge in [-0.15, -0.1) is 11.3 Å². The van der Waals surface area contributed by atoms with E-state index in [-0.39, 0.29) is 18.2 Å². The summed E-state index contributed by atoms with van der Waals surface area (Å²) in [6, 6.07) is 11.2. The highest BCUT2D eigenvalue weighted by atomic mass is 32.1. The highest BCUT2D eigenvalue weighted by Crippen LogP contribution is 2.27. The highest BCUT2D eigenvalue weighted by molar-refractivity contribution is 7.22. The molecule has 2 heterocycles. The number of nitrogens with zero attached hydrogens (tertiary/aromatic N) is 2. The van der Waals surface area contributed by atoms with Gasteiger partial charge in [-0.2, -0.15) is 0 Å². The van der Waals surface area contributed by atoms with Gasteiger partial charge in [0.15, 0.2) is 10.3 Å². The van der Waals surface area contributed by atoms with Crippen molar-refractivity contribution >= 4 is 55.0 Å². The molecule has 2 aromatic carbocycles. The molecule has 0 spiro atoms. The summed E-state index contributed by atoms with van der Waals surface area (Å²) >= 11 is 2.64. The number of aryl methyl sites for hydroxylation is 1. The fraction of sp³-hybridized carbons (Fsp3) is 0.100. The van der Waals surface area contributed by atoms with Crippen LogP contribution in [0.25, 0.3) is 10.2 Å². The number of thiazole rings is 2. The first-order valence-corrected chi connectivity index (χ1v) is 10.3. The first-order valence-electron chi connectivity index (χ1n) is 8.64. The van der Waals surface area contributed by atoms with E-state index in [9.17, 15) is 14.0 Å². The van der Waals surface area contributed by atoms with Crippen molar-refractivity contribution in [2.45, 2.75) is 13.3 Å². The Bertz CT molecular complexity index is 1200. The Morgan fingerprint density at radius 2 is 1.83 bits per heavy atom. The van der Waals surface area contributed by atoms with Gasteiger partial charge in [0, 0.05) is 10.9 Å². The molecule has 0 fully saturated rings. The van der Waals surface area contributed by atoms with Crippen molar-refractivity contribution in [3.63, 3.8) is 0 Å². The summed E-state index contributed by atoms with van der Waals surface area (Å²) in [7, 11) is 0. The van der Waals surface area contributed by atoms with Crippen molar-refractivity contribution in [3.8, 4) is 0 Å². The fourth-order valence-corrected chi connectivity index (χ4v) is 4.31. The van der Waals surface area contributed by atoms with Gasteiger partial charge in [0.1, 0.15) is 5.82 Å². The molecule has 4 rings (SSSR count). The molecule has 146 valence electrons. The van der Waals surface area contributed by atoms with Crippen LogP contribution in [0.3, 0.4) is 0 Å². The maximum Gasteiger partial charge on any atom is 0.257 e. The van der Waals surface area contributed by atoms with Gasteiger partial charge < -0.3 is 5.32 Å². The number of rotatable bonds is 5. The van der Waals surface area contributed by atoms with Gasteiger partial charge in [-0.05, 0) is 48.9 Å². The molecule has 6 nitrogen and oxygen atoms in total. The topological polar surface area (TPSA) is 84.0 Å². The lowest BCUT2D eigenvalue weighted by Crippen LogP contribution is -2.15. The number of aromatic nitrogens is 2. The van der Waals surface area contributed by atoms with Crippen molar-refractivity contribution in [2.24, 2.45) is 0 Å². The molecular weight excluding hydrogens is 411 g/mol. The molecule has 9 heteroatoms. The largest absolute Gasteiger partial charge is 0.302 e. The number of carbonyl (C=O) groups is 2. The molecule has 0 aliphatic rings. The third kappa shape index (κ3) is 4.64. The Balaban J connectivity index is 1.37. The molecular formula is C20H15FN4O2S2. The predicted octanol–water partition coefficient (Wildman–Crippen LogP) is 4.63. The van der Waals surface area contributed by atoms with Gasteiger partial charge >= 0.3 is 0 Å². The van der Waals surface area contributed by atoms with E-state index in [1.54, 1.807) is 5.38 Å². The average molecular weight is 426 g/mol. The quantitative estimate of drug-likeness (QED) is 0.487. The van der Waals surface area contributed by atoms with Crippen LogP contribution in [0, 0.1) is 12.7 Å². The van der Waals surface area contributed by atoms with Gasteiger partial charge in [-0.25, -0.2) is 14.4 Å². The maximum absolute atomic E-state index is 13.0. The van der Waals surface area contributed by atoms with E-state index in [4.69, 9.17) is 0 Å². The molecule has 29 heavy (non-hydrogen) atoms. The Labute approximate surface area is 173 Å². The van der Waals surface area contributed by atoms with Crippen LogP contribution in [0.4, 0.5) is 14.7 Å². The second kappa shape index (κ2) is 8.06. The predicted molar refractivity (Wildman–Crippen MR) is 113 cm³/mol. The van der Waals surface area contributed by atoms with E-state index in [0.29, 0.717) is 21.5 Å². The van der Waals surface area contributed by atoms with Crippen molar-refractivity contribution in [1.29, 1.82) is 0 Å². The van der Waals surface area contributed by atoms with Gasteiger partial charge in [-0.3, -0.25) is 14.9 Å². The lowest BCUT2D eigenvalue weighted by molar-refractivity contribution is -0.115. The number of nitrogens with one attached hydrogen (secondary N) is 2. The number of halogens is 1. The number of fused-ring (bicyclic) bond motifs is 1. The molecule has 0 bridgehead atoms. The van der Waals surface area contributed by atoms with E-state index in [0.717, 1.165) is 15.8 Å². The number of amides is 2. The Morgan fingerprint density at radius 1 is 1.03 bits per heavy atom. The lowest BCUT2D eigenvalue weighted by atomic mass is 10.2. The zero-order valence-electron chi connectivity index (χ0n) is 15.2. The van der Waals surface area contributed by atoms with Crippen LogP contribution in [0.1, 0.15) is 21.6 Å². The fourth-order valence-electron chi connectivity index (χ4n) is 2.63. The van der Waals surface area contributed by atoms with E-state index in [1.165, 1.54) is 46.9 Å². The lowest BCUT2D eigenvalue weighted by Gasteiger charge is -2.01. The van der Waals surface area contributed by atoms with Crippen molar-refractivity contribution < 1.29 is 14.0 Å². The van der Waals surface area contributed by atoms with Crippen LogP contribution < -0.4 is 10.6 Å². The Morgan fingerprint density at radius 3 is 2.62 bits per heavy atom. The molecule has 2 amide bonds. The monoisotopic (exact) mass is 426 g/mol. The number of anilines is 2. The second-order valence-corrected chi connectivity index (χ2v) is 8.21. The molecule has 0 radical (unpaired) electrons. The summed E-state index contributed by atoms with van der Waals surface area (Å²) in [6.45, 7) is 2.01. The van der Waals surface area contributed by atoms with Crippen LogP contribution in [-0.4, -0.2) is 21.8 Å². The molecule has 0 saturated carbocycles. The summed E-state index contributed by atoms with van der Waals surface area (Å²) in [5, 5.41) is 8.06. The summed E-state index contributed by atoms with van der Waals surface area (Å²) in [6.07, 6.45) is 0.0673.